The van der Waals surface area contributed by atoms with E-state index in [4.69, 9.17) is 4.74 Å². The molecule has 0 saturated heterocycles. The second-order valence-corrected chi connectivity index (χ2v) is 8.76. The number of unbranched alkanes of at least 4 members (excludes halogenated alkanes) is 5. The van der Waals surface area contributed by atoms with Gasteiger partial charge in [0.25, 0.3) is 0 Å². The van der Waals surface area contributed by atoms with Crippen molar-refractivity contribution in [2.45, 2.75) is 78.1 Å². The lowest BCUT2D eigenvalue weighted by molar-refractivity contribution is 0.304. The Kier molecular flexibility index (Phi) is 10.3. The van der Waals surface area contributed by atoms with Crippen LogP contribution in [0.3, 0.4) is 0 Å². The van der Waals surface area contributed by atoms with Gasteiger partial charge in [-0.3, -0.25) is 4.98 Å². The molecule has 0 N–H and O–H groups in total. The Labute approximate surface area is 195 Å². The van der Waals surface area contributed by atoms with E-state index in [1.54, 1.807) is 0 Å². The molecular weight excluding hydrogens is 390 g/mol. The zero-order chi connectivity index (χ0) is 22.4. The third kappa shape index (κ3) is 8.15. The van der Waals surface area contributed by atoms with Crippen molar-refractivity contribution in [1.29, 1.82) is 0 Å². The summed E-state index contributed by atoms with van der Waals surface area (Å²) in [5.74, 6) is 0.859. The monoisotopic (exact) mass is 429 g/mol. The zero-order valence-corrected chi connectivity index (χ0v) is 20.0. The first-order valence-corrected chi connectivity index (χ1v) is 12.5. The van der Waals surface area contributed by atoms with Crippen LogP contribution in [-0.2, 0) is 19.3 Å². The molecule has 2 nitrogen and oxygen atoms in total. The van der Waals surface area contributed by atoms with Gasteiger partial charge in [0.2, 0.25) is 0 Å². The average Bonchev–Trinajstić information content (AvgIpc) is 2.84. The van der Waals surface area contributed by atoms with E-state index in [9.17, 15) is 0 Å². The van der Waals surface area contributed by atoms with Crippen LogP contribution >= 0.6 is 0 Å². The van der Waals surface area contributed by atoms with Crippen LogP contribution in [0.5, 0.6) is 5.75 Å². The average molecular weight is 430 g/mol. The molecule has 0 fully saturated rings. The van der Waals surface area contributed by atoms with Crippen molar-refractivity contribution in [3.05, 3.63) is 83.6 Å². The summed E-state index contributed by atoms with van der Waals surface area (Å²) in [5.41, 5.74) is 6.40. The molecule has 0 aliphatic rings. The third-order valence-electron chi connectivity index (χ3n) is 6.05. The van der Waals surface area contributed by atoms with E-state index in [-0.39, 0.29) is 0 Å². The Bertz CT molecular complexity index is 882. The Morgan fingerprint density at radius 3 is 1.78 bits per heavy atom. The predicted molar refractivity (Wildman–Crippen MR) is 136 cm³/mol. The summed E-state index contributed by atoms with van der Waals surface area (Å²) in [6.45, 7) is 5.26. The molecule has 1 heterocycles. The van der Waals surface area contributed by atoms with Gasteiger partial charge in [0.15, 0.2) is 0 Å². The number of nitrogens with zero attached hydrogens (tertiary/aromatic N) is 1. The van der Waals surface area contributed by atoms with Gasteiger partial charge in [0, 0.05) is 5.56 Å². The maximum atomic E-state index is 5.81. The van der Waals surface area contributed by atoms with Gasteiger partial charge in [-0.2, -0.15) is 0 Å². The lowest BCUT2D eigenvalue weighted by atomic mass is 10.00. The van der Waals surface area contributed by atoms with Crippen molar-refractivity contribution < 1.29 is 4.74 Å². The summed E-state index contributed by atoms with van der Waals surface area (Å²) in [4.78, 5) is 4.60. The fourth-order valence-electron chi connectivity index (χ4n) is 3.94. The minimum atomic E-state index is 0.775. The molecule has 0 bridgehead atoms. The van der Waals surface area contributed by atoms with Crippen LogP contribution in [-0.4, -0.2) is 11.6 Å². The molecule has 0 radical (unpaired) electrons. The van der Waals surface area contributed by atoms with Crippen molar-refractivity contribution in [2.75, 3.05) is 6.61 Å². The number of hydrogen-bond acceptors (Lipinski definition) is 2. The Balaban J connectivity index is 1.45. The lowest BCUT2D eigenvalue weighted by Gasteiger charge is -2.08. The van der Waals surface area contributed by atoms with Crippen LogP contribution in [0.15, 0.2) is 66.9 Å². The van der Waals surface area contributed by atoms with Crippen molar-refractivity contribution in [3.8, 4) is 17.0 Å². The summed E-state index contributed by atoms with van der Waals surface area (Å²) < 4.78 is 5.81. The van der Waals surface area contributed by atoms with Gasteiger partial charge >= 0.3 is 0 Å². The van der Waals surface area contributed by atoms with Gasteiger partial charge in [-0.15, -0.1) is 0 Å². The van der Waals surface area contributed by atoms with Crippen molar-refractivity contribution in [3.63, 3.8) is 0 Å². The van der Waals surface area contributed by atoms with E-state index in [0.29, 0.717) is 0 Å². The maximum Gasteiger partial charge on any atom is 0.137 e. The van der Waals surface area contributed by atoms with E-state index in [1.165, 1.54) is 61.6 Å². The van der Waals surface area contributed by atoms with Gasteiger partial charge in [-0.1, -0.05) is 94.5 Å². The topological polar surface area (TPSA) is 22.1 Å². The summed E-state index contributed by atoms with van der Waals surface area (Å²) in [6.07, 6.45) is 14.0. The molecule has 32 heavy (non-hydrogen) atoms. The van der Waals surface area contributed by atoms with E-state index < -0.39 is 0 Å². The Morgan fingerprint density at radius 1 is 0.594 bits per heavy atom. The fourth-order valence-corrected chi connectivity index (χ4v) is 3.94. The maximum absolute atomic E-state index is 5.81. The summed E-state index contributed by atoms with van der Waals surface area (Å²) in [7, 11) is 0. The first kappa shape index (κ1) is 24.0. The molecule has 0 amide bonds. The number of aromatic nitrogens is 1. The molecule has 0 aliphatic heterocycles. The van der Waals surface area contributed by atoms with Crippen LogP contribution in [0, 0.1) is 0 Å². The summed E-state index contributed by atoms with van der Waals surface area (Å²) in [6, 6.07) is 22.1. The molecule has 0 saturated carbocycles. The molecule has 0 unspecified atom stereocenters. The normalized spacial score (nSPS) is 10.9. The van der Waals surface area contributed by atoms with Crippen LogP contribution in [0.2, 0.25) is 0 Å². The van der Waals surface area contributed by atoms with Gasteiger partial charge in [0.05, 0.1) is 18.5 Å². The van der Waals surface area contributed by atoms with Crippen LogP contribution < -0.4 is 4.74 Å². The molecule has 1 aromatic heterocycles. The van der Waals surface area contributed by atoms with Crippen molar-refractivity contribution in [1.82, 2.24) is 4.98 Å². The molecular formula is C30H39NO. The smallest absolute Gasteiger partial charge is 0.137 e. The van der Waals surface area contributed by atoms with Crippen molar-refractivity contribution >= 4 is 0 Å². The number of benzene rings is 2. The summed E-state index contributed by atoms with van der Waals surface area (Å²) >= 11 is 0. The van der Waals surface area contributed by atoms with Gasteiger partial charge < -0.3 is 4.74 Å². The summed E-state index contributed by atoms with van der Waals surface area (Å²) in [5, 5.41) is 0. The van der Waals surface area contributed by atoms with Crippen LogP contribution in [0.25, 0.3) is 11.3 Å². The quantitative estimate of drug-likeness (QED) is 0.241. The minimum Gasteiger partial charge on any atom is -0.492 e. The number of ether oxygens (including phenoxy) is 1. The highest BCUT2D eigenvalue weighted by molar-refractivity contribution is 5.59. The highest BCUT2D eigenvalue weighted by Gasteiger charge is 2.03. The van der Waals surface area contributed by atoms with Crippen LogP contribution in [0.4, 0.5) is 0 Å². The number of rotatable bonds is 14. The largest absolute Gasteiger partial charge is 0.492 e. The molecule has 3 aromatic rings. The van der Waals surface area contributed by atoms with Crippen molar-refractivity contribution in [2.24, 2.45) is 0 Å². The first-order chi connectivity index (χ1) is 15.8. The number of pyridine rings is 1. The third-order valence-corrected chi connectivity index (χ3v) is 6.05. The second kappa shape index (κ2) is 13.7. The fraction of sp³-hybridized carbons (Fsp3) is 0.433. The zero-order valence-electron chi connectivity index (χ0n) is 20.0. The first-order valence-electron chi connectivity index (χ1n) is 12.5. The van der Waals surface area contributed by atoms with Gasteiger partial charge in [-0.05, 0) is 60.9 Å². The molecule has 2 heteroatoms. The molecule has 0 aliphatic carbocycles. The van der Waals surface area contributed by atoms with E-state index >= 15 is 0 Å². The number of hydrogen-bond donors (Lipinski definition) is 0. The Morgan fingerprint density at radius 2 is 1.19 bits per heavy atom. The van der Waals surface area contributed by atoms with E-state index in [1.807, 2.05) is 12.3 Å². The lowest BCUT2D eigenvalue weighted by Crippen LogP contribution is -1.98. The molecule has 2 aromatic carbocycles. The predicted octanol–water partition coefficient (Wildman–Crippen LogP) is 8.23. The molecule has 0 atom stereocenters. The van der Waals surface area contributed by atoms with Crippen LogP contribution in [0.1, 0.15) is 75.5 Å². The highest BCUT2D eigenvalue weighted by atomic mass is 16.5. The van der Waals surface area contributed by atoms with Gasteiger partial charge in [-0.25, -0.2) is 0 Å². The highest BCUT2D eigenvalue weighted by Crippen LogP contribution is 2.21. The molecule has 170 valence electrons. The van der Waals surface area contributed by atoms with E-state index in [2.05, 4.69) is 73.4 Å². The van der Waals surface area contributed by atoms with E-state index in [0.717, 1.165) is 42.9 Å². The SMILES string of the molecule is CCCCCCOc1ccc(-c2ccc(CCc3ccc(CCCCC)cc3)cc2)nc1. The molecule has 0 spiro atoms. The van der Waals surface area contributed by atoms with Gasteiger partial charge in [0.1, 0.15) is 5.75 Å². The second-order valence-electron chi connectivity index (χ2n) is 8.76. The Hall–Kier alpha value is -2.61. The molecule has 3 rings (SSSR count). The number of aryl methyl sites for hydroxylation is 3. The minimum absolute atomic E-state index is 0.775. The standard InChI is InChI=1S/C30H39NO/c1-3-5-7-9-23-32-29-21-22-30(31-24-29)28-19-17-27(18-20-28)16-15-26-13-11-25(12-14-26)10-8-6-4-2/h11-14,17-22,24H,3-10,15-16,23H2,1-2H3.